The molecule has 0 N–H and O–H groups in total. The van der Waals surface area contributed by atoms with Gasteiger partial charge in [-0.05, 0) is 30.7 Å². The van der Waals surface area contributed by atoms with Crippen LogP contribution in [0.2, 0.25) is 5.02 Å². The van der Waals surface area contributed by atoms with Crippen LogP contribution in [0.5, 0.6) is 0 Å². The molecule has 3 aromatic rings. The van der Waals surface area contributed by atoms with E-state index in [-0.39, 0.29) is 0 Å². The maximum atomic E-state index is 12.7. The number of piperazine rings is 1. The van der Waals surface area contributed by atoms with Crippen molar-refractivity contribution in [2.45, 2.75) is 11.8 Å². The van der Waals surface area contributed by atoms with Crippen LogP contribution in [0, 0.1) is 6.92 Å². The number of hydrogen-bond donors (Lipinski definition) is 0. The van der Waals surface area contributed by atoms with Crippen molar-refractivity contribution in [3.63, 3.8) is 0 Å². The van der Waals surface area contributed by atoms with Gasteiger partial charge in [-0.3, -0.25) is 0 Å². The standard InChI is InChI=1S/C18H18ClN3O2S2/c1-13-7-8-15(19)17-16(13)20-18(25-17)21-9-11-22(12-10-21)26(23,24)14-5-3-2-4-6-14/h2-8H,9-12H2,1H3. The van der Waals surface area contributed by atoms with E-state index < -0.39 is 10.0 Å². The van der Waals surface area contributed by atoms with Crippen molar-refractivity contribution in [2.24, 2.45) is 0 Å². The van der Waals surface area contributed by atoms with E-state index >= 15 is 0 Å². The van der Waals surface area contributed by atoms with Gasteiger partial charge >= 0.3 is 0 Å². The molecule has 0 amide bonds. The lowest BCUT2D eigenvalue weighted by Crippen LogP contribution is -2.48. The predicted octanol–water partition coefficient (Wildman–Crippen LogP) is 3.77. The van der Waals surface area contributed by atoms with Crippen LogP contribution in [0.25, 0.3) is 10.2 Å². The SMILES string of the molecule is Cc1ccc(Cl)c2sc(N3CCN(S(=O)(=O)c4ccccc4)CC3)nc12. The Kier molecular flexibility index (Phi) is 4.64. The highest BCUT2D eigenvalue weighted by Crippen LogP contribution is 2.36. The Balaban J connectivity index is 1.54. The van der Waals surface area contributed by atoms with Crippen LogP contribution in [-0.2, 0) is 10.0 Å². The molecule has 0 spiro atoms. The molecule has 1 aromatic heterocycles. The number of hydrogen-bond acceptors (Lipinski definition) is 5. The number of anilines is 1. The molecule has 0 unspecified atom stereocenters. The predicted molar refractivity (Wildman–Crippen MR) is 107 cm³/mol. The van der Waals surface area contributed by atoms with Gasteiger partial charge in [0.15, 0.2) is 5.13 Å². The first-order chi connectivity index (χ1) is 12.5. The zero-order chi connectivity index (χ0) is 18.3. The summed E-state index contributed by atoms with van der Waals surface area (Å²) in [5, 5.41) is 1.60. The monoisotopic (exact) mass is 407 g/mol. The van der Waals surface area contributed by atoms with Crippen LogP contribution in [0.1, 0.15) is 5.56 Å². The summed E-state index contributed by atoms with van der Waals surface area (Å²) in [6, 6.07) is 12.5. The average molecular weight is 408 g/mol. The average Bonchev–Trinajstić information content (AvgIpc) is 3.12. The second-order valence-electron chi connectivity index (χ2n) is 6.24. The lowest BCUT2D eigenvalue weighted by atomic mass is 10.2. The van der Waals surface area contributed by atoms with Gasteiger partial charge in [-0.25, -0.2) is 13.4 Å². The minimum Gasteiger partial charge on any atom is -0.345 e. The molecule has 0 aliphatic carbocycles. The van der Waals surface area contributed by atoms with E-state index in [9.17, 15) is 8.42 Å². The van der Waals surface area contributed by atoms with Crippen LogP contribution < -0.4 is 4.90 Å². The smallest absolute Gasteiger partial charge is 0.243 e. The number of thiazole rings is 1. The summed E-state index contributed by atoms with van der Waals surface area (Å²) >= 11 is 7.86. The minimum atomic E-state index is -3.44. The van der Waals surface area contributed by atoms with Crippen molar-refractivity contribution >= 4 is 48.3 Å². The number of sulfonamides is 1. The summed E-state index contributed by atoms with van der Waals surface area (Å²) in [4.78, 5) is 7.21. The number of aromatic nitrogens is 1. The molecular formula is C18H18ClN3O2S2. The van der Waals surface area contributed by atoms with Crippen molar-refractivity contribution < 1.29 is 8.42 Å². The van der Waals surface area contributed by atoms with Crippen molar-refractivity contribution in [3.8, 4) is 0 Å². The van der Waals surface area contributed by atoms with E-state index in [0.29, 0.717) is 36.1 Å². The van der Waals surface area contributed by atoms with Crippen molar-refractivity contribution in [1.82, 2.24) is 9.29 Å². The Morgan fingerprint density at radius 1 is 1.04 bits per heavy atom. The van der Waals surface area contributed by atoms with E-state index in [2.05, 4.69) is 4.90 Å². The third kappa shape index (κ3) is 3.09. The lowest BCUT2D eigenvalue weighted by molar-refractivity contribution is 0.385. The zero-order valence-corrected chi connectivity index (χ0v) is 16.6. The summed E-state index contributed by atoms with van der Waals surface area (Å²) < 4.78 is 28.0. The fraction of sp³-hybridized carbons (Fsp3) is 0.278. The highest BCUT2D eigenvalue weighted by molar-refractivity contribution is 7.89. The molecule has 1 aliphatic rings. The summed E-state index contributed by atoms with van der Waals surface area (Å²) in [6.07, 6.45) is 0. The van der Waals surface area contributed by atoms with Crippen molar-refractivity contribution in [1.29, 1.82) is 0 Å². The van der Waals surface area contributed by atoms with Crippen LogP contribution in [0.15, 0.2) is 47.4 Å². The fourth-order valence-electron chi connectivity index (χ4n) is 3.09. The summed E-state index contributed by atoms with van der Waals surface area (Å²) in [5.41, 5.74) is 2.02. The summed E-state index contributed by atoms with van der Waals surface area (Å²) in [5.74, 6) is 0. The van der Waals surface area contributed by atoms with Gasteiger partial charge < -0.3 is 4.90 Å². The highest BCUT2D eigenvalue weighted by Gasteiger charge is 2.29. The molecule has 5 nitrogen and oxygen atoms in total. The Labute approximate surface area is 161 Å². The first-order valence-electron chi connectivity index (χ1n) is 8.32. The molecule has 0 saturated carbocycles. The van der Waals surface area contributed by atoms with E-state index in [1.165, 1.54) is 0 Å². The first kappa shape index (κ1) is 17.7. The number of benzene rings is 2. The van der Waals surface area contributed by atoms with Gasteiger partial charge in [0.05, 0.1) is 20.1 Å². The maximum Gasteiger partial charge on any atom is 0.243 e. The van der Waals surface area contributed by atoms with Crippen LogP contribution >= 0.6 is 22.9 Å². The lowest BCUT2D eigenvalue weighted by Gasteiger charge is -2.33. The van der Waals surface area contributed by atoms with Crippen LogP contribution in [-0.4, -0.2) is 43.9 Å². The molecule has 2 heterocycles. The number of rotatable bonds is 3. The summed E-state index contributed by atoms with van der Waals surface area (Å²) in [7, 11) is -3.44. The first-order valence-corrected chi connectivity index (χ1v) is 11.0. The van der Waals surface area contributed by atoms with E-state index in [1.807, 2.05) is 25.1 Å². The van der Waals surface area contributed by atoms with Crippen LogP contribution in [0.4, 0.5) is 5.13 Å². The molecule has 1 aliphatic heterocycles. The molecule has 0 bridgehead atoms. The Morgan fingerprint density at radius 2 is 1.73 bits per heavy atom. The largest absolute Gasteiger partial charge is 0.345 e. The van der Waals surface area contributed by atoms with Crippen molar-refractivity contribution in [3.05, 3.63) is 53.1 Å². The summed E-state index contributed by atoms with van der Waals surface area (Å²) in [6.45, 7) is 4.14. The van der Waals surface area contributed by atoms with Gasteiger partial charge in [-0.2, -0.15) is 4.31 Å². The number of nitrogens with zero attached hydrogens (tertiary/aromatic N) is 3. The van der Waals surface area contributed by atoms with Crippen LogP contribution in [0.3, 0.4) is 0 Å². The van der Waals surface area contributed by atoms with Gasteiger partial charge in [0.2, 0.25) is 10.0 Å². The second kappa shape index (κ2) is 6.81. The van der Waals surface area contributed by atoms with Gasteiger partial charge in [-0.15, -0.1) is 0 Å². The number of aryl methyl sites for hydroxylation is 1. The third-order valence-corrected chi connectivity index (χ3v) is 8.07. The van der Waals surface area contributed by atoms with Gasteiger partial charge in [0.1, 0.15) is 0 Å². The van der Waals surface area contributed by atoms with Crippen molar-refractivity contribution in [2.75, 3.05) is 31.1 Å². The topological polar surface area (TPSA) is 53.5 Å². The normalized spacial score (nSPS) is 16.3. The molecule has 1 saturated heterocycles. The Hall–Kier alpha value is -1.67. The zero-order valence-electron chi connectivity index (χ0n) is 14.2. The molecule has 0 radical (unpaired) electrons. The quantitative estimate of drug-likeness (QED) is 0.663. The molecule has 26 heavy (non-hydrogen) atoms. The second-order valence-corrected chi connectivity index (χ2v) is 9.57. The molecule has 0 atom stereocenters. The fourth-order valence-corrected chi connectivity index (χ4v) is 5.90. The Bertz CT molecular complexity index is 1000. The molecule has 1 fully saturated rings. The van der Waals surface area contributed by atoms with E-state index in [4.69, 9.17) is 16.6 Å². The number of halogens is 1. The Morgan fingerprint density at radius 3 is 2.38 bits per heavy atom. The minimum absolute atomic E-state index is 0.343. The van der Waals surface area contributed by atoms with E-state index in [0.717, 1.165) is 20.9 Å². The molecular weight excluding hydrogens is 390 g/mol. The van der Waals surface area contributed by atoms with E-state index in [1.54, 1.807) is 39.9 Å². The number of fused-ring (bicyclic) bond motifs is 1. The maximum absolute atomic E-state index is 12.7. The highest BCUT2D eigenvalue weighted by atomic mass is 35.5. The molecule has 136 valence electrons. The van der Waals surface area contributed by atoms with Gasteiger partial charge in [-0.1, -0.05) is 47.2 Å². The molecule has 8 heteroatoms. The molecule has 4 rings (SSSR count). The third-order valence-electron chi connectivity index (χ3n) is 4.58. The van der Waals surface area contributed by atoms with Gasteiger partial charge in [0, 0.05) is 26.2 Å². The molecule has 2 aromatic carbocycles. The van der Waals surface area contributed by atoms with Gasteiger partial charge in [0.25, 0.3) is 0 Å².